The molecule has 3 aromatic carbocycles. The van der Waals surface area contributed by atoms with Crippen LogP contribution in [0.25, 0.3) is 11.0 Å². The highest BCUT2D eigenvalue weighted by Crippen LogP contribution is 2.23. The van der Waals surface area contributed by atoms with E-state index in [9.17, 15) is 14.4 Å². The molecule has 0 bridgehead atoms. The highest BCUT2D eigenvalue weighted by Gasteiger charge is 2.16. The Hall–Kier alpha value is -3.71. The number of carbonyl (C=O) groups excluding carboxylic acids is 2. The van der Waals surface area contributed by atoms with E-state index in [1.54, 1.807) is 36.4 Å². The smallest absolute Gasteiger partial charge is 0.349 e. The standard InChI is InChI=1S/C24H16BrNO5/c25-20-9-5-4-8-18(20)23(28)30-17-11-10-16-12-19(24(29)31-21(16)13-17)22(27)26-14-15-6-2-1-3-7-15/h1-13H,14H2,(H,26,27). The molecule has 31 heavy (non-hydrogen) atoms. The van der Waals surface area contributed by atoms with E-state index >= 15 is 0 Å². The Balaban J connectivity index is 1.53. The molecule has 0 unspecified atom stereocenters. The molecule has 0 spiro atoms. The van der Waals surface area contributed by atoms with Crippen molar-refractivity contribution in [1.82, 2.24) is 5.32 Å². The van der Waals surface area contributed by atoms with Gasteiger partial charge in [0.05, 0.1) is 5.56 Å². The second kappa shape index (κ2) is 8.97. The topological polar surface area (TPSA) is 85.6 Å². The number of ether oxygens (including phenoxy) is 1. The van der Waals surface area contributed by atoms with E-state index in [-0.39, 0.29) is 16.9 Å². The Bertz CT molecular complexity index is 1330. The van der Waals surface area contributed by atoms with E-state index in [0.29, 0.717) is 22.0 Å². The lowest BCUT2D eigenvalue weighted by Crippen LogP contribution is -2.27. The fourth-order valence-electron chi connectivity index (χ4n) is 2.98. The molecule has 6 nitrogen and oxygen atoms in total. The molecule has 1 heterocycles. The maximum Gasteiger partial charge on any atom is 0.349 e. The van der Waals surface area contributed by atoms with E-state index in [1.807, 2.05) is 30.3 Å². The number of fused-ring (bicyclic) bond motifs is 1. The van der Waals surface area contributed by atoms with E-state index in [4.69, 9.17) is 9.15 Å². The van der Waals surface area contributed by atoms with Crippen molar-refractivity contribution in [3.63, 3.8) is 0 Å². The lowest BCUT2D eigenvalue weighted by Gasteiger charge is -2.08. The van der Waals surface area contributed by atoms with E-state index in [1.165, 1.54) is 12.1 Å². The molecule has 0 saturated carbocycles. The molecule has 0 aliphatic heterocycles. The second-order valence-electron chi connectivity index (χ2n) is 6.68. The SMILES string of the molecule is O=C(Oc1ccc2cc(C(=O)NCc3ccccc3)c(=O)oc2c1)c1ccccc1Br. The first kappa shape index (κ1) is 20.6. The van der Waals surface area contributed by atoms with Crippen LogP contribution in [-0.4, -0.2) is 11.9 Å². The van der Waals surface area contributed by atoms with Gasteiger partial charge in [0.1, 0.15) is 16.9 Å². The van der Waals surface area contributed by atoms with Crippen LogP contribution in [0.2, 0.25) is 0 Å². The second-order valence-corrected chi connectivity index (χ2v) is 7.54. The van der Waals surface area contributed by atoms with Crippen LogP contribution in [-0.2, 0) is 6.54 Å². The van der Waals surface area contributed by atoms with Crippen LogP contribution >= 0.6 is 15.9 Å². The van der Waals surface area contributed by atoms with Gasteiger partial charge in [-0.2, -0.15) is 0 Å². The highest BCUT2D eigenvalue weighted by atomic mass is 79.9. The van der Waals surface area contributed by atoms with E-state index in [0.717, 1.165) is 5.56 Å². The summed E-state index contributed by atoms with van der Waals surface area (Å²) in [5.41, 5.74) is 0.628. The first-order chi connectivity index (χ1) is 15.0. The van der Waals surface area contributed by atoms with Crippen LogP contribution in [0.4, 0.5) is 0 Å². The minimum atomic E-state index is -0.771. The van der Waals surface area contributed by atoms with Crippen LogP contribution in [0.15, 0.2) is 92.5 Å². The van der Waals surface area contributed by atoms with Gasteiger partial charge in [-0.3, -0.25) is 4.79 Å². The van der Waals surface area contributed by atoms with Crippen LogP contribution in [0.5, 0.6) is 5.75 Å². The molecule has 4 aromatic rings. The molecule has 0 aliphatic carbocycles. The fourth-order valence-corrected chi connectivity index (χ4v) is 3.42. The maximum atomic E-state index is 12.4. The summed E-state index contributed by atoms with van der Waals surface area (Å²) in [4.78, 5) is 37.2. The molecule has 1 amide bonds. The Morgan fingerprint density at radius 2 is 1.65 bits per heavy atom. The third-order valence-corrected chi connectivity index (χ3v) is 5.24. The summed E-state index contributed by atoms with van der Waals surface area (Å²) in [6, 6.07) is 22.3. The monoisotopic (exact) mass is 477 g/mol. The van der Waals surface area contributed by atoms with Crippen molar-refractivity contribution >= 4 is 38.8 Å². The zero-order valence-electron chi connectivity index (χ0n) is 16.1. The lowest BCUT2D eigenvalue weighted by atomic mass is 10.1. The minimum absolute atomic E-state index is 0.0959. The number of amides is 1. The van der Waals surface area contributed by atoms with Crippen molar-refractivity contribution in [2.45, 2.75) is 6.54 Å². The summed E-state index contributed by atoms with van der Waals surface area (Å²) in [6.07, 6.45) is 0. The number of halogens is 1. The number of nitrogens with one attached hydrogen (secondary N) is 1. The number of hydrogen-bond acceptors (Lipinski definition) is 5. The maximum absolute atomic E-state index is 12.4. The summed E-state index contributed by atoms with van der Waals surface area (Å²) in [6.45, 7) is 0.293. The van der Waals surface area contributed by atoms with Gasteiger partial charge in [-0.25, -0.2) is 9.59 Å². The minimum Gasteiger partial charge on any atom is -0.423 e. The summed E-state index contributed by atoms with van der Waals surface area (Å²) < 4.78 is 11.3. The van der Waals surface area contributed by atoms with Crippen molar-refractivity contribution in [1.29, 1.82) is 0 Å². The number of rotatable bonds is 5. The molecular weight excluding hydrogens is 462 g/mol. The summed E-state index contributed by atoms with van der Waals surface area (Å²) in [5, 5.41) is 3.24. The van der Waals surface area contributed by atoms with Gasteiger partial charge in [0.15, 0.2) is 0 Å². The first-order valence-electron chi connectivity index (χ1n) is 9.38. The Morgan fingerprint density at radius 3 is 2.42 bits per heavy atom. The predicted octanol–water partition coefficient (Wildman–Crippen LogP) is 4.70. The van der Waals surface area contributed by atoms with Crippen molar-refractivity contribution in [3.8, 4) is 5.75 Å². The normalized spacial score (nSPS) is 10.6. The molecule has 0 fully saturated rings. The quantitative estimate of drug-likeness (QED) is 0.255. The van der Waals surface area contributed by atoms with Gasteiger partial charge >= 0.3 is 11.6 Å². The van der Waals surface area contributed by atoms with Crippen molar-refractivity contribution in [2.24, 2.45) is 0 Å². The van der Waals surface area contributed by atoms with E-state index in [2.05, 4.69) is 21.2 Å². The van der Waals surface area contributed by atoms with Gasteiger partial charge in [0.25, 0.3) is 5.91 Å². The van der Waals surface area contributed by atoms with Crippen LogP contribution in [0, 0.1) is 0 Å². The van der Waals surface area contributed by atoms with Crippen LogP contribution in [0.3, 0.4) is 0 Å². The summed E-state index contributed by atoms with van der Waals surface area (Å²) in [7, 11) is 0. The largest absolute Gasteiger partial charge is 0.423 e. The molecule has 0 atom stereocenters. The predicted molar refractivity (Wildman–Crippen MR) is 119 cm³/mol. The Labute approximate surface area is 185 Å². The van der Waals surface area contributed by atoms with Crippen LogP contribution in [0.1, 0.15) is 26.3 Å². The average Bonchev–Trinajstić information content (AvgIpc) is 2.78. The molecule has 4 rings (SSSR count). The zero-order chi connectivity index (χ0) is 21.8. The van der Waals surface area contributed by atoms with Gasteiger partial charge in [0.2, 0.25) is 0 Å². The average molecular weight is 478 g/mol. The summed E-state index contributed by atoms with van der Waals surface area (Å²) in [5.74, 6) is -0.854. The molecule has 7 heteroatoms. The summed E-state index contributed by atoms with van der Waals surface area (Å²) >= 11 is 3.31. The molecule has 0 radical (unpaired) electrons. The lowest BCUT2D eigenvalue weighted by molar-refractivity contribution is 0.0733. The molecule has 154 valence electrons. The molecule has 1 aromatic heterocycles. The highest BCUT2D eigenvalue weighted by molar-refractivity contribution is 9.10. The zero-order valence-corrected chi connectivity index (χ0v) is 17.7. The molecule has 0 aliphatic rings. The van der Waals surface area contributed by atoms with E-state index < -0.39 is 17.5 Å². The number of hydrogen-bond donors (Lipinski definition) is 1. The molecule has 0 saturated heterocycles. The van der Waals surface area contributed by atoms with Crippen molar-refractivity contribution in [2.75, 3.05) is 0 Å². The van der Waals surface area contributed by atoms with Gasteiger partial charge in [-0.1, -0.05) is 42.5 Å². The van der Waals surface area contributed by atoms with Gasteiger partial charge in [-0.15, -0.1) is 0 Å². The first-order valence-corrected chi connectivity index (χ1v) is 10.2. The molecule has 1 N–H and O–H groups in total. The fraction of sp³-hybridized carbons (Fsp3) is 0.0417. The number of benzene rings is 3. The van der Waals surface area contributed by atoms with Gasteiger partial charge in [0, 0.05) is 22.5 Å². The Kier molecular flexibility index (Phi) is 5.95. The van der Waals surface area contributed by atoms with Crippen molar-refractivity contribution in [3.05, 3.63) is 110 Å². The van der Waals surface area contributed by atoms with Crippen molar-refractivity contribution < 1.29 is 18.7 Å². The molecular formula is C24H16BrNO5. The number of esters is 1. The number of carbonyl (C=O) groups is 2. The third kappa shape index (κ3) is 4.73. The Morgan fingerprint density at radius 1 is 0.903 bits per heavy atom. The van der Waals surface area contributed by atoms with Crippen LogP contribution < -0.4 is 15.7 Å². The van der Waals surface area contributed by atoms with Gasteiger partial charge < -0.3 is 14.5 Å². The third-order valence-electron chi connectivity index (χ3n) is 4.55. The van der Waals surface area contributed by atoms with Gasteiger partial charge in [-0.05, 0) is 51.8 Å².